The monoisotopic (exact) mass is 275 g/mol. The summed E-state index contributed by atoms with van der Waals surface area (Å²) in [6.45, 7) is 2.58. The molecule has 1 aromatic carbocycles. The lowest BCUT2D eigenvalue weighted by molar-refractivity contribution is -0.144. The van der Waals surface area contributed by atoms with E-state index in [1.54, 1.807) is 18.9 Å². The molecule has 20 heavy (non-hydrogen) atoms. The van der Waals surface area contributed by atoms with Crippen LogP contribution in [0.4, 0.5) is 0 Å². The third kappa shape index (κ3) is 3.38. The summed E-state index contributed by atoms with van der Waals surface area (Å²) >= 11 is 0. The van der Waals surface area contributed by atoms with Crippen LogP contribution in [0.15, 0.2) is 24.3 Å². The van der Waals surface area contributed by atoms with Crippen molar-refractivity contribution in [2.75, 3.05) is 20.2 Å². The third-order valence-corrected chi connectivity index (χ3v) is 3.73. The van der Waals surface area contributed by atoms with Crippen molar-refractivity contribution in [3.8, 4) is 0 Å². The summed E-state index contributed by atoms with van der Waals surface area (Å²) in [5.41, 5.74) is 2.54. The van der Waals surface area contributed by atoms with E-state index in [4.69, 9.17) is 4.74 Å². The van der Waals surface area contributed by atoms with Crippen molar-refractivity contribution in [3.05, 3.63) is 35.4 Å². The lowest BCUT2D eigenvalue weighted by atomic mass is 10.0. The van der Waals surface area contributed by atoms with Crippen LogP contribution in [0.3, 0.4) is 0 Å². The van der Waals surface area contributed by atoms with Crippen molar-refractivity contribution in [2.24, 2.45) is 5.92 Å². The molecule has 1 amide bonds. The molecule has 0 heterocycles. The van der Waals surface area contributed by atoms with Crippen LogP contribution in [0.1, 0.15) is 24.5 Å². The Kier molecular flexibility index (Phi) is 4.77. The molecule has 0 saturated carbocycles. The fourth-order valence-corrected chi connectivity index (χ4v) is 2.65. The molecule has 0 spiro atoms. The number of hydrogen-bond acceptors (Lipinski definition) is 3. The van der Waals surface area contributed by atoms with Gasteiger partial charge in [0.1, 0.15) is 0 Å². The minimum absolute atomic E-state index is 0.0135. The first-order chi connectivity index (χ1) is 9.61. The standard InChI is InChI=1S/C16H21NO3/c1-3-20-15(18)8-9-17(2)16(19)14-10-12-6-4-5-7-13(12)11-14/h4-7,14H,3,8-11H2,1-2H3. The number of esters is 1. The fourth-order valence-electron chi connectivity index (χ4n) is 2.65. The molecule has 0 fully saturated rings. The number of amides is 1. The van der Waals surface area contributed by atoms with E-state index >= 15 is 0 Å². The van der Waals surface area contributed by atoms with Gasteiger partial charge in [-0.1, -0.05) is 24.3 Å². The zero-order valence-corrected chi connectivity index (χ0v) is 12.1. The summed E-state index contributed by atoms with van der Waals surface area (Å²) < 4.78 is 4.87. The Morgan fingerprint density at radius 2 is 1.85 bits per heavy atom. The van der Waals surface area contributed by atoms with Gasteiger partial charge >= 0.3 is 5.97 Å². The van der Waals surface area contributed by atoms with Crippen molar-refractivity contribution in [2.45, 2.75) is 26.2 Å². The van der Waals surface area contributed by atoms with Crippen LogP contribution in [-0.4, -0.2) is 37.0 Å². The van der Waals surface area contributed by atoms with E-state index in [1.165, 1.54) is 11.1 Å². The Labute approximate surface area is 119 Å². The van der Waals surface area contributed by atoms with Crippen LogP contribution in [0.5, 0.6) is 0 Å². The van der Waals surface area contributed by atoms with Crippen molar-refractivity contribution in [3.63, 3.8) is 0 Å². The van der Waals surface area contributed by atoms with Crippen LogP contribution >= 0.6 is 0 Å². The smallest absolute Gasteiger partial charge is 0.307 e. The number of fused-ring (bicyclic) bond motifs is 1. The highest BCUT2D eigenvalue weighted by molar-refractivity contribution is 5.81. The van der Waals surface area contributed by atoms with Gasteiger partial charge in [0.05, 0.1) is 13.0 Å². The van der Waals surface area contributed by atoms with Gasteiger partial charge in [0.15, 0.2) is 0 Å². The molecule has 1 aliphatic carbocycles. The Bertz CT molecular complexity index is 473. The SMILES string of the molecule is CCOC(=O)CCN(C)C(=O)C1Cc2ccccc2C1. The van der Waals surface area contributed by atoms with Gasteiger partial charge in [0.2, 0.25) is 5.91 Å². The first-order valence-corrected chi connectivity index (χ1v) is 7.09. The minimum Gasteiger partial charge on any atom is -0.466 e. The molecular weight excluding hydrogens is 254 g/mol. The fraction of sp³-hybridized carbons (Fsp3) is 0.500. The van der Waals surface area contributed by atoms with Crippen molar-refractivity contribution >= 4 is 11.9 Å². The average molecular weight is 275 g/mol. The van der Waals surface area contributed by atoms with Crippen molar-refractivity contribution in [1.29, 1.82) is 0 Å². The molecule has 0 unspecified atom stereocenters. The van der Waals surface area contributed by atoms with Gasteiger partial charge in [0, 0.05) is 19.5 Å². The quantitative estimate of drug-likeness (QED) is 0.770. The Hall–Kier alpha value is -1.84. The van der Waals surface area contributed by atoms with Gasteiger partial charge in [-0.15, -0.1) is 0 Å². The molecule has 2 rings (SSSR count). The van der Waals surface area contributed by atoms with Gasteiger partial charge in [-0.05, 0) is 30.9 Å². The van der Waals surface area contributed by atoms with Crippen LogP contribution in [-0.2, 0) is 27.2 Å². The normalized spacial score (nSPS) is 13.9. The number of nitrogens with zero attached hydrogens (tertiary/aromatic N) is 1. The van der Waals surface area contributed by atoms with Gasteiger partial charge in [0.25, 0.3) is 0 Å². The predicted octanol–water partition coefficient (Wildman–Crippen LogP) is 1.81. The predicted molar refractivity (Wildman–Crippen MR) is 76.2 cm³/mol. The molecule has 1 aromatic rings. The molecule has 0 radical (unpaired) electrons. The number of hydrogen-bond donors (Lipinski definition) is 0. The zero-order valence-electron chi connectivity index (χ0n) is 12.1. The second-order valence-corrected chi connectivity index (χ2v) is 5.19. The van der Waals surface area contributed by atoms with Gasteiger partial charge in [-0.25, -0.2) is 0 Å². The highest BCUT2D eigenvalue weighted by Crippen LogP contribution is 2.27. The number of ether oxygens (including phenoxy) is 1. The molecule has 4 nitrogen and oxygen atoms in total. The van der Waals surface area contributed by atoms with E-state index in [1.807, 2.05) is 12.1 Å². The lowest BCUT2D eigenvalue weighted by Gasteiger charge is -2.20. The van der Waals surface area contributed by atoms with E-state index < -0.39 is 0 Å². The summed E-state index contributed by atoms with van der Waals surface area (Å²) in [5.74, 6) is -0.119. The maximum atomic E-state index is 12.4. The second kappa shape index (κ2) is 6.55. The van der Waals surface area contributed by atoms with Crippen LogP contribution < -0.4 is 0 Å². The highest BCUT2D eigenvalue weighted by Gasteiger charge is 2.29. The van der Waals surface area contributed by atoms with E-state index in [2.05, 4.69) is 12.1 Å². The number of carbonyl (C=O) groups excluding carboxylic acids is 2. The Morgan fingerprint density at radius 3 is 2.40 bits per heavy atom. The molecule has 0 saturated heterocycles. The number of benzene rings is 1. The third-order valence-electron chi connectivity index (χ3n) is 3.73. The van der Waals surface area contributed by atoms with E-state index in [0.717, 1.165) is 12.8 Å². The first-order valence-electron chi connectivity index (χ1n) is 7.09. The first kappa shape index (κ1) is 14.6. The topological polar surface area (TPSA) is 46.6 Å². The van der Waals surface area contributed by atoms with Crippen molar-refractivity contribution in [1.82, 2.24) is 4.90 Å². The number of rotatable bonds is 5. The summed E-state index contributed by atoms with van der Waals surface area (Å²) in [5, 5.41) is 0. The van der Waals surface area contributed by atoms with E-state index in [-0.39, 0.29) is 24.2 Å². The Morgan fingerprint density at radius 1 is 1.25 bits per heavy atom. The maximum absolute atomic E-state index is 12.4. The van der Waals surface area contributed by atoms with Crippen LogP contribution in [0.25, 0.3) is 0 Å². The molecule has 1 aliphatic rings. The molecule has 108 valence electrons. The summed E-state index contributed by atoms with van der Waals surface area (Å²) in [7, 11) is 1.75. The summed E-state index contributed by atoms with van der Waals surface area (Å²) in [4.78, 5) is 25.3. The molecular formula is C16H21NO3. The molecule has 0 N–H and O–H groups in total. The van der Waals surface area contributed by atoms with Gasteiger partial charge < -0.3 is 9.64 Å². The molecule has 0 aromatic heterocycles. The average Bonchev–Trinajstić information content (AvgIpc) is 2.88. The van der Waals surface area contributed by atoms with Crippen LogP contribution in [0.2, 0.25) is 0 Å². The highest BCUT2D eigenvalue weighted by atomic mass is 16.5. The summed E-state index contributed by atoms with van der Waals surface area (Å²) in [6, 6.07) is 8.19. The maximum Gasteiger partial charge on any atom is 0.307 e. The largest absolute Gasteiger partial charge is 0.466 e. The second-order valence-electron chi connectivity index (χ2n) is 5.19. The van der Waals surface area contributed by atoms with Gasteiger partial charge in [-0.3, -0.25) is 9.59 Å². The minimum atomic E-state index is -0.248. The zero-order chi connectivity index (χ0) is 14.5. The van der Waals surface area contributed by atoms with Gasteiger partial charge in [-0.2, -0.15) is 0 Å². The van der Waals surface area contributed by atoms with Crippen LogP contribution in [0, 0.1) is 5.92 Å². The van der Waals surface area contributed by atoms with Crippen molar-refractivity contribution < 1.29 is 14.3 Å². The lowest BCUT2D eigenvalue weighted by Crippen LogP contribution is -2.35. The Balaban J connectivity index is 1.85. The molecule has 0 atom stereocenters. The van der Waals surface area contributed by atoms with E-state index in [9.17, 15) is 9.59 Å². The molecule has 4 heteroatoms. The summed E-state index contributed by atoms with van der Waals surface area (Å²) in [6.07, 6.45) is 1.87. The molecule has 0 bridgehead atoms. The number of carbonyl (C=O) groups is 2. The molecule has 0 aliphatic heterocycles. The van der Waals surface area contributed by atoms with E-state index in [0.29, 0.717) is 13.2 Å².